The van der Waals surface area contributed by atoms with E-state index < -0.39 is 17.8 Å². The Labute approximate surface area is 242 Å². The summed E-state index contributed by atoms with van der Waals surface area (Å²) in [7, 11) is 3.86. The van der Waals surface area contributed by atoms with Crippen LogP contribution in [0, 0.1) is 0 Å². The van der Waals surface area contributed by atoms with Crippen LogP contribution in [0.1, 0.15) is 31.8 Å². The zero-order chi connectivity index (χ0) is 29.2. The summed E-state index contributed by atoms with van der Waals surface area (Å²) < 4.78 is 5.43. The highest BCUT2D eigenvalue weighted by Crippen LogP contribution is 2.19. The van der Waals surface area contributed by atoms with E-state index in [1.807, 2.05) is 43.3 Å². The van der Waals surface area contributed by atoms with Gasteiger partial charge in [-0.1, -0.05) is 66.2 Å². The van der Waals surface area contributed by atoms with Crippen molar-refractivity contribution in [2.45, 2.75) is 0 Å². The minimum absolute atomic E-state index is 0.0102. The monoisotopic (exact) mass is 566 g/mol. The maximum absolute atomic E-state index is 13.1. The van der Waals surface area contributed by atoms with Crippen LogP contribution in [0.15, 0.2) is 114 Å². The van der Waals surface area contributed by atoms with Gasteiger partial charge in [0, 0.05) is 25.3 Å². The summed E-state index contributed by atoms with van der Waals surface area (Å²) in [5.41, 5.74) is 5.37. The number of hydrogen-bond donors (Lipinski definition) is 2. The Balaban J connectivity index is 1.48. The Bertz CT molecular complexity index is 1600. The molecule has 0 aliphatic rings. The molecule has 0 unspecified atom stereocenters. The van der Waals surface area contributed by atoms with Gasteiger partial charge in [0.1, 0.15) is 11.4 Å². The molecule has 2 amide bonds. The van der Waals surface area contributed by atoms with Crippen LogP contribution in [0.2, 0.25) is 5.02 Å². The molecule has 0 radical (unpaired) electrons. The van der Waals surface area contributed by atoms with Crippen LogP contribution < -0.4 is 20.4 Å². The first-order chi connectivity index (χ1) is 19.8. The molecular formula is C32H27ClN4O4. The number of carbonyl (C=O) groups is 3. The van der Waals surface area contributed by atoms with E-state index in [2.05, 4.69) is 15.8 Å². The van der Waals surface area contributed by atoms with Crippen molar-refractivity contribution in [2.75, 3.05) is 19.0 Å². The number of ether oxygens (including phenoxy) is 1. The largest absolute Gasteiger partial charge is 0.423 e. The smallest absolute Gasteiger partial charge is 0.345 e. The molecule has 0 fully saturated rings. The summed E-state index contributed by atoms with van der Waals surface area (Å²) >= 11 is 6.08. The van der Waals surface area contributed by atoms with Crippen molar-refractivity contribution in [3.8, 4) is 5.75 Å². The van der Waals surface area contributed by atoms with Crippen molar-refractivity contribution in [3.05, 3.63) is 136 Å². The number of nitrogens with zero attached hydrogens (tertiary/aromatic N) is 2. The van der Waals surface area contributed by atoms with Crippen LogP contribution in [0.3, 0.4) is 0 Å². The van der Waals surface area contributed by atoms with Crippen LogP contribution >= 0.6 is 11.6 Å². The van der Waals surface area contributed by atoms with Gasteiger partial charge in [0.25, 0.3) is 11.8 Å². The van der Waals surface area contributed by atoms with Gasteiger partial charge in [-0.25, -0.2) is 10.2 Å². The molecule has 206 valence electrons. The highest BCUT2D eigenvalue weighted by Gasteiger charge is 2.15. The van der Waals surface area contributed by atoms with E-state index in [4.69, 9.17) is 16.3 Å². The molecule has 0 atom stereocenters. The summed E-state index contributed by atoms with van der Waals surface area (Å²) in [6, 6.07) is 29.3. The quantitative estimate of drug-likeness (QED) is 0.0910. The zero-order valence-corrected chi connectivity index (χ0v) is 23.1. The number of hydrogen-bond acceptors (Lipinski definition) is 6. The molecule has 0 saturated heterocycles. The summed E-state index contributed by atoms with van der Waals surface area (Å²) in [4.78, 5) is 40.3. The summed E-state index contributed by atoms with van der Waals surface area (Å²) in [6.45, 7) is 0. The molecule has 9 heteroatoms. The fourth-order valence-corrected chi connectivity index (χ4v) is 3.86. The second-order valence-corrected chi connectivity index (χ2v) is 9.41. The summed E-state index contributed by atoms with van der Waals surface area (Å²) in [6.07, 6.45) is 2.97. The minimum Gasteiger partial charge on any atom is -0.423 e. The number of rotatable bonds is 9. The van der Waals surface area contributed by atoms with E-state index in [0.717, 1.165) is 5.69 Å². The van der Waals surface area contributed by atoms with Crippen LogP contribution in [-0.2, 0) is 4.79 Å². The molecule has 4 aromatic carbocycles. The average molecular weight is 567 g/mol. The van der Waals surface area contributed by atoms with Crippen molar-refractivity contribution >= 4 is 47.4 Å². The standard InChI is InChI=1S/C32H27ClN4O4/c1-37(2)25-17-15-22(16-18-25)20-29(35-30(38)24-10-4-3-5-11-24)31(39)36-34-21-23-9-8-12-26(19-23)41-32(40)27-13-6-7-14-28(27)33/h3-21H,1-2H3,(H,35,38)(H,36,39)/b29-20-,34-21-. The molecule has 4 rings (SSSR count). The second-order valence-electron chi connectivity index (χ2n) is 9.01. The third-order valence-corrected chi connectivity index (χ3v) is 6.12. The Hall–Kier alpha value is -5.21. The van der Waals surface area contributed by atoms with E-state index in [1.54, 1.807) is 84.9 Å². The molecule has 0 heterocycles. The molecule has 4 aromatic rings. The predicted octanol–water partition coefficient (Wildman–Crippen LogP) is 5.55. The maximum Gasteiger partial charge on any atom is 0.345 e. The number of hydrazone groups is 1. The number of nitrogens with one attached hydrogen (secondary N) is 2. The van der Waals surface area contributed by atoms with Crippen LogP contribution in [0.25, 0.3) is 6.08 Å². The molecule has 0 spiro atoms. The van der Waals surface area contributed by atoms with Crippen molar-refractivity contribution in [1.82, 2.24) is 10.7 Å². The fraction of sp³-hybridized carbons (Fsp3) is 0.0625. The van der Waals surface area contributed by atoms with Crippen molar-refractivity contribution in [2.24, 2.45) is 5.10 Å². The SMILES string of the molecule is CN(C)c1ccc(/C=C(\NC(=O)c2ccccc2)C(=O)N/N=C\c2cccc(OC(=O)c3ccccc3Cl)c2)cc1. The molecule has 0 bridgehead atoms. The van der Waals surface area contributed by atoms with Crippen molar-refractivity contribution < 1.29 is 19.1 Å². The lowest BCUT2D eigenvalue weighted by molar-refractivity contribution is -0.117. The fourth-order valence-electron chi connectivity index (χ4n) is 3.65. The van der Waals surface area contributed by atoms with Gasteiger partial charge in [-0.15, -0.1) is 0 Å². The lowest BCUT2D eigenvalue weighted by Gasteiger charge is -2.12. The Kier molecular flexibility index (Phi) is 9.64. The van der Waals surface area contributed by atoms with Crippen LogP contribution in [0.5, 0.6) is 5.75 Å². The highest BCUT2D eigenvalue weighted by molar-refractivity contribution is 6.33. The average Bonchev–Trinajstić information content (AvgIpc) is 2.98. The number of anilines is 1. The number of halogens is 1. The lowest BCUT2D eigenvalue weighted by atomic mass is 10.1. The first-order valence-electron chi connectivity index (χ1n) is 12.6. The first-order valence-corrected chi connectivity index (χ1v) is 12.9. The normalized spacial score (nSPS) is 11.1. The topological polar surface area (TPSA) is 100 Å². The Morgan fingerprint density at radius 2 is 1.54 bits per heavy atom. The second kappa shape index (κ2) is 13.7. The van der Waals surface area contributed by atoms with Crippen LogP contribution in [0.4, 0.5) is 5.69 Å². The third kappa shape index (κ3) is 8.14. The van der Waals surface area contributed by atoms with E-state index >= 15 is 0 Å². The van der Waals surface area contributed by atoms with Gasteiger partial charge in [-0.05, 0) is 65.7 Å². The molecular weight excluding hydrogens is 540 g/mol. The van der Waals surface area contributed by atoms with Crippen molar-refractivity contribution in [1.29, 1.82) is 0 Å². The molecule has 0 saturated carbocycles. The summed E-state index contributed by atoms with van der Waals surface area (Å²) in [5.74, 6) is -1.37. The van der Waals surface area contributed by atoms with Gasteiger partial charge in [0.2, 0.25) is 0 Å². The minimum atomic E-state index is -0.622. The summed E-state index contributed by atoms with van der Waals surface area (Å²) in [5, 5.41) is 6.99. The molecule has 0 aliphatic heterocycles. The van der Waals surface area contributed by atoms with E-state index in [1.165, 1.54) is 6.21 Å². The van der Waals surface area contributed by atoms with Gasteiger partial charge in [0.05, 0.1) is 16.8 Å². The maximum atomic E-state index is 13.1. The van der Waals surface area contributed by atoms with Gasteiger partial charge in [-0.2, -0.15) is 5.10 Å². The van der Waals surface area contributed by atoms with E-state index in [9.17, 15) is 14.4 Å². The number of amides is 2. The van der Waals surface area contributed by atoms with E-state index in [-0.39, 0.29) is 22.0 Å². The van der Waals surface area contributed by atoms with Crippen LogP contribution in [-0.4, -0.2) is 38.1 Å². The van der Waals surface area contributed by atoms with Gasteiger partial charge >= 0.3 is 5.97 Å². The highest BCUT2D eigenvalue weighted by atomic mass is 35.5. The molecule has 0 aromatic heterocycles. The Morgan fingerprint density at radius 1 is 0.829 bits per heavy atom. The van der Waals surface area contributed by atoms with Crippen molar-refractivity contribution in [3.63, 3.8) is 0 Å². The van der Waals surface area contributed by atoms with E-state index in [0.29, 0.717) is 16.7 Å². The molecule has 2 N–H and O–H groups in total. The molecule has 41 heavy (non-hydrogen) atoms. The predicted molar refractivity (Wildman–Crippen MR) is 161 cm³/mol. The van der Waals surface area contributed by atoms with Gasteiger partial charge in [-0.3, -0.25) is 9.59 Å². The molecule has 0 aliphatic carbocycles. The zero-order valence-electron chi connectivity index (χ0n) is 22.4. The Morgan fingerprint density at radius 3 is 2.24 bits per heavy atom. The number of carbonyl (C=O) groups excluding carboxylic acids is 3. The third-order valence-electron chi connectivity index (χ3n) is 5.79. The van der Waals surface area contributed by atoms with Gasteiger partial charge < -0.3 is 15.0 Å². The number of esters is 1. The van der Waals surface area contributed by atoms with Gasteiger partial charge in [0.15, 0.2) is 0 Å². The number of benzene rings is 4. The first kappa shape index (κ1) is 28.8. The lowest BCUT2D eigenvalue weighted by Crippen LogP contribution is -2.32. The molecule has 8 nitrogen and oxygen atoms in total.